The van der Waals surface area contributed by atoms with E-state index in [-0.39, 0.29) is 0 Å². The quantitative estimate of drug-likeness (QED) is 0.869. The first-order chi connectivity index (χ1) is 10.8. The monoisotopic (exact) mass is 299 g/mol. The van der Waals surface area contributed by atoms with Gasteiger partial charge in [0.15, 0.2) is 0 Å². The van der Waals surface area contributed by atoms with Gasteiger partial charge < -0.3 is 14.4 Å². The first-order valence-corrected chi connectivity index (χ1v) is 7.57. The molecule has 0 bridgehead atoms. The molecule has 22 heavy (non-hydrogen) atoms. The summed E-state index contributed by atoms with van der Waals surface area (Å²) in [5, 5.41) is 0. The van der Waals surface area contributed by atoms with E-state index in [1.54, 1.807) is 14.2 Å². The number of hydrogen-bond acceptors (Lipinski definition) is 5. The van der Waals surface area contributed by atoms with Crippen molar-refractivity contribution in [3.63, 3.8) is 0 Å². The molecular weight excluding hydrogens is 278 g/mol. The Bertz CT molecular complexity index is 588. The summed E-state index contributed by atoms with van der Waals surface area (Å²) >= 11 is 0. The molecule has 0 atom stereocenters. The zero-order valence-corrected chi connectivity index (χ0v) is 13.0. The molecule has 2 heterocycles. The second kappa shape index (κ2) is 6.64. The maximum atomic E-state index is 5.22. The zero-order valence-electron chi connectivity index (χ0n) is 13.0. The van der Waals surface area contributed by atoms with E-state index in [9.17, 15) is 0 Å². The van der Waals surface area contributed by atoms with E-state index in [1.165, 1.54) is 5.56 Å². The second-order valence-corrected chi connectivity index (χ2v) is 5.43. The van der Waals surface area contributed by atoms with Crippen LogP contribution in [0.1, 0.15) is 24.3 Å². The Morgan fingerprint density at radius 3 is 2.36 bits per heavy atom. The van der Waals surface area contributed by atoms with Gasteiger partial charge in [-0.1, -0.05) is 30.3 Å². The van der Waals surface area contributed by atoms with Crippen LogP contribution in [-0.2, 0) is 0 Å². The van der Waals surface area contributed by atoms with Crippen molar-refractivity contribution in [1.82, 2.24) is 9.97 Å². The highest BCUT2D eigenvalue weighted by molar-refractivity contribution is 5.43. The molecule has 0 saturated carbocycles. The van der Waals surface area contributed by atoms with Gasteiger partial charge >= 0.3 is 6.01 Å². The van der Waals surface area contributed by atoms with Gasteiger partial charge in [-0.05, 0) is 24.3 Å². The summed E-state index contributed by atoms with van der Waals surface area (Å²) in [5.41, 5.74) is 1.43. The molecule has 1 aliphatic rings. The third-order valence-electron chi connectivity index (χ3n) is 4.15. The zero-order chi connectivity index (χ0) is 15.4. The Morgan fingerprint density at radius 1 is 1.00 bits per heavy atom. The number of benzene rings is 1. The Kier molecular flexibility index (Phi) is 4.42. The number of nitrogens with zero attached hydrogens (tertiary/aromatic N) is 3. The van der Waals surface area contributed by atoms with Gasteiger partial charge in [0.05, 0.1) is 14.2 Å². The molecule has 1 aromatic carbocycles. The largest absolute Gasteiger partial charge is 0.481 e. The number of hydrogen-bond donors (Lipinski definition) is 0. The van der Waals surface area contributed by atoms with E-state index >= 15 is 0 Å². The van der Waals surface area contributed by atoms with Crippen molar-refractivity contribution >= 4 is 5.82 Å². The molecule has 5 nitrogen and oxygen atoms in total. The molecule has 1 saturated heterocycles. The normalized spacial score (nSPS) is 15.6. The van der Waals surface area contributed by atoms with Crippen molar-refractivity contribution in [1.29, 1.82) is 0 Å². The standard InChI is InChI=1S/C17H21N3O2/c1-21-16-12-15(18-17(19-16)22-2)20-10-8-14(9-11-20)13-6-4-3-5-7-13/h3-7,12,14H,8-11H2,1-2H3. The van der Waals surface area contributed by atoms with Gasteiger partial charge in [-0.3, -0.25) is 0 Å². The van der Waals surface area contributed by atoms with E-state index in [2.05, 4.69) is 45.2 Å². The summed E-state index contributed by atoms with van der Waals surface area (Å²) in [5.74, 6) is 2.03. The minimum absolute atomic E-state index is 0.347. The van der Waals surface area contributed by atoms with Crippen LogP contribution < -0.4 is 14.4 Å². The molecule has 3 rings (SSSR count). The molecule has 0 aliphatic carbocycles. The summed E-state index contributed by atoms with van der Waals surface area (Å²) in [4.78, 5) is 10.8. The predicted octanol–water partition coefficient (Wildman–Crippen LogP) is 2.88. The lowest BCUT2D eigenvalue weighted by atomic mass is 9.89. The summed E-state index contributed by atoms with van der Waals surface area (Å²) in [6.45, 7) is 1.95. The fourth-order valence-corrected chi connectivity index (χ4v) is 2.92. The number of piperidine rings is 1. The third kappa shape index (κ3) is 3.13. The minimum atomic E-state index is 0.347. The van der Waals surface area contributed by atoms with Crippen LogP contribution >= 0.6 is 0 Å². The number of ether oxygens (including phenoxy) is 2. The van der Waals surface area contributed by atoms with Crippen molar-refractivity contribution in [2.24, 2.45) is 0 Å². The van der Waals surface area contributed by atoms with E-state index in [4.69, 9.17) is 9.47 Å². The van der Waals surface area contributed by atoms with E-state index in [0.29, 0.717) is 17.8 Å². The molecule has 5 heteroatoms. The number of rotatable bonds is 4. The fraction of sp³-hybridized carbons (Fsp3) is 0.412. The molecule has 0 unspecified atom stereocenters. The third-order valence-corrected chi connectivity index (χ3v) is 4.15. The predicted molar refractivity (Wildman–Crippen MR) is 85.8 cm³/mol. The molecule has 1 aromatic heterocycles. The SMILES string of the molecule is COc1cc(N2CCC(c3ccccc3)CC2)nc(OC)n1. The molecule has 0 spiro atoms. The lowest BCUT2D eigenvalue weighted by molar-refractivity contribution is 0.351. The van der Waals surface area contributed by atoms with E-state index in [1.807, 2.05) is 6.07 Å². The van der Waals surface area contributed by atoms with E-state index in [0.717, 1.165) is 31.7 Å². The Balaban J connectivity index is 1.71. The van der Waals surface area contributed by atoms with E-state index < -0.39 is 0 Å². The minimum Gasteiger partial charge on any atom is -0.481 e. The van der Waals surface area contributed by atoms with Crippen LogP contribution in [0.5, 0.6) is 11.9 Å². The molecule has 0 amide bonds. The van der Waals surface area contributed by atoms with Gasteiger partial charge in [0.1, 0.15) is 5.82 Å². The van der Waals surface area contributed by atoms with Crippen LogP contribution in [0, 0.1) is 0 Å². The van der Waals surface area contributed by atoms with Crippen LogP contribution in [0.4, 0.5) is 5.82 Å². The molecule has 2 aromatic rings. The molecular formula is C17H21N3O2. The number of methoxy groups -OCH3 is 2. The van der Waals surface area contributed by atoms with Crippen LogP contribution in [-0.4, -0.2) is 37.3 Å². The molecule has 0 radical (unpaired) electrons. The first-order valence-electron chi connectivity index (χ1n) is 7.57. The maximum Gasteiger partial charge on any atom is 0.321 e. The summed E-state index contributed by atoms with van der Waals surface area (Å²) in [6.07, 6.45) is 2.25. The molecule has 0 N–H and O–H groups in total. The smallest absolute Gasteiger partial charge is 0.321 e. The highest BCUT2D eigenvalue weighted by Gasteiger charge is 2.22. The molecule has 1 fully saturated rings. The van der Waals surface area contributed by atoms with Crippen LogP contribution in [0.25, 0.3) is 0 Å². The van der Waals surface area contributed by atoms with Gasteiger partial charge in [0.25, 0.3) is 0 Å². The average Bonchev–Trinajstić information content (AvgIpc) is 2.62. The highest BCUT2D eigenvalue weighted by atomic mass is 16.5. The highest BCUT2D eigenvalue weighted by Crippen LogP contribution is 2.31. The van der Waals surface area contributed by atoms with Crippen molar-refractivity contribution in [3.8, 4) is 11.9 Å². The van der Waals surface area contributed by atoms with Gasteiger partial charge in [-0.15, -0.1) is 0 Å². The van der Waals surface area contributed by atoms with Crippen molar-refractivity contribution in [2.75, 3.05) is 32.2 Å². The van der Waals surface area contributed by atoms with Crippen molar-refractivity contribution in [2.45, 2.75) is 18.8 Å². The topological polar surface area (TPSA) is 47.5 Å². The second-order valence-electron chi connectivity index (χ2n) is 5.43. The number of anilines is 1. The van der Waals surface area contributed by atoms with Crippen molar-refractivity contribution < 1.29 is 9.47 Å². The summed E-state index contributed by atoms with van der Waals surface area (Å²) < 4.78 is 10.4. The van der Waals surface area contributed by atoms with Gasteiger partial charge in [0.2, 0.25) is 5.88 Å². The van der Waals surface area contributed by atoms with Crippen molar-refractivity contribution in [3.05, 3.63) is 42.0 Å². The van der Waals surface area contributed by atoms with Crippen LogP contribution in [0.3, 0.4) is 0 Å². The first kappa shape index (κ1) is 14.6. The Morgan fingerprint density at radius 2 is 1.73 bits per heavy atom. The fourth-order valence-electron chi connectivity index (χ4n) is 2.92. The Labute approximate surface area is 130 Å². The number of aromatic nitrogens is 2. The molecule has 116 valence electrons. The summed E-state index contributed by atoms with van der Waals surface area (Å²) in [6, 6.07) is 12.9. The van der Waals surface area contributed by atoms with Gasteiger partial charge in [-0.2, -0.15) is 9.97 Å². The van der Waals surface area contributed by atoms with Crippen LogP contribution in [0.15, 0.2) is 36.4 Å². The Hall–Kier alpha value is -2.30. The lowest BCUT2D eigenvalue weighted by Gasteiger charge is -2.33. The van der Waals surface area contributed by atoms with Gasteiger partial charge in [-0.25, -0.2) is 0 Å². The summed E-state index contributed by atoms with van der Waals surface area (Å²) in [7, 11) is 3.17. The van der Waals surface area contributed by atoms with Crippen LogP contribution in [0.2, 0.25) is 0 Å². The average molecular weight is 299 g/mol. The lowest BCUT2D eigenvalue weighted by Crippen LogP contribution is -2.33. The maximum absolute atomic E-state index is 5.22. The van der Waals surface area contributed by atoms with Gasteiger partial charge in [0, 0.05) is 19.2 Å². The molecule has 1 aliphatic heterocycles.